The van der Waals surface area contributed by atoms with Crippen LogP contribution in [0.2, 0.25) is 0 Å². The summed E-state index contributed by atoms with van der Waals surface area (Å²) in [5.41, 5.74) is 6.74. The zero-order valence-corrected chi connectivity index (χ0v) is 17.1. The Balaban J connectivity index is 2.13. The average Bonchev–Trinajstić information content (AvgIpc) is 2.95. The highest BCUT2D eigenvalue weighted by molar-refractivity contribution is 6.03. The molecule has 0 atom stereocenters. The van der Waals surface area contributed by atoms with Crippen molar-refractivity contribution in [1.82, 2.24) is 9.99 Å². The quantitative estimate of drug-likeness (QED) is 0.355. The van der Waals surface area contributed by atoms with Crippen molar-refractivity contribution in [3.8, 4) is 0 Å². The lowest BCUT2D eigenvalue weighted by Crippen LogP contribution is -2.32. The summed E-state index contributed by atoms with van der Waals surface area (Å²) in [5.74, 6) is 8.26. The lowest BCUT2D eigenvalue weighted by Gasteiger charge is -2.13. The fraction of sp³-hybridized carbons (Fsp3) is 0.318. The lowest BCUT2D eigenvalue weighted by molar-refractivity contribution is 0.269. The van der Waals surface area contributed by atoms with E-state index in [1.807, 2.05) is 31.5 Å². The Bertz CT molecular complexity index is 993. The number of aliphatic imine (C=N–C) groups is 1. The minimum atomic E-state index is 0.351. The van der Waals surface area contributed by atoms with E-state index in [0.717, 1.165) is 34.3 Å². The van der Waals surface area contributed by atoms with Gasteiger partial charge in [0.05, 0.1) is 25.5 Å². The Kier molecular flexibility index (Phi) is 5.90. The van der Waals surface area contributed by atoms with Gasteiger partial charge in [0.1, 0.15) is 11.5 Å². The smallest absolute Gasteiger partial charge is 0.151 e. The Morgan fingerprint density at radius 1 is 1.18 bits per heavy atom. The van der Waals surface area contributed by atoms with Crippen LogP contribution in [0.4, 0.5) is 5.69 Å². The third kappa shape index (κ3) is 3.97. The molecule has 1 aliphatic rings. The summed E-state index contributed by atoms with van der Waals surface area (Å²) in [5, 5.41) is 1.13. The number of nitrogens with zero attached hydrogens (tertiary/aromatic N) is 2. The fourth-order valence-electron chi connectivity index (χ4n) is 3.28. The summed E-state index contributed by atoms with van der Waals surface area (Å²) in [4.78, 5) is 4.76. The number of rotatable bonds is 5. The molecule has 1 heterocycles. The van der Waals surface area contributed by atoms with E-state index in [1.165, 1.54) is 5.57 Å². The molecule has 0 fully saturated rings. The molecule has 1 aromatic heterocycles. The number of hydrogen-bond donors (Lipinski definition) is 2. The molecule has 0 amide bonds. The van der Waals surface area contributed by atoms with E-state index < -0.39 is 0 Å². The van der Waals surface area contributed by atoms with E-state index in [0.29, 0.717) is 17.5 Å². The molecule has 0 bridgehead atoms. The molecule has 0 radical (unpaired) electrons. The number of nitrogens with one attached hydrogen (secondary N) is 1. The van der Waals surface area contributed by atoms with Gasteiger partial charge in [0, 0.05) is 36.6 Å². The van der Waals surface area contributed by atoms with Gasteiger partial charge in [0.25, 0.3) is 0 Å². The van der Waals surface area contributed by atoms with E-state index in [9.17, 15) is 0 Å². The third-order valence-corrected chi connectivity index (χ3v) is 4.99. The molecule has 2 aromatic rings. The molecule has 1 aliphatic carbocycles. The summed E-state index contributed by atoms with van der Waals surface area (Å²) < 4.78 is 13.2. The summed E-state index contributed by atoms with van der Waals surface area (Å²) in [6.45, 7) is 4.31. The molecule has 0 saturated heterocycles. The fourth-order valence-corrected chi connectivity index (χ4v) is 3.28. The minimum absolute atomic E-state index is 0.351. The maximum Gasteiger partial charge on any atom is 0.151 e. The van der Waals surface area contributed by atoms with E-state index in [1.54, 1.807) is 14.2 Å². The highest BCUT2D eigenvalue weighted by Gasteiger charge is 2.19. The summed E-state index contributed by atoms with van der Waals surface area (Å²) in [6.07, 6.45) is 6.74. The number of hydrazine groups is 1. The van der Waals surface area contributed by atoms with Crippen LogP contribution in [0.1, 0.15) is 20.3 Å². The van der Waals surface area contributed by atoms with Gasteiger partial charge in [0.15, 0.2) is 5.84 Å². The van der Waals surface area contributed by atoms with Crippen molar-refractivity contribution in [3.63, 3.8) is 0 Å². The van der Waals surface area contributed by atoms with E-state index in [4.69, 9.17) is 20.3 Å². The van der Waals surface area contributed by atoms with Gasteiger partial charge in [0.2, 0.25) is 0 Å². The second kappa shape index (κ2) is 8.35. The van der Waals surface area contributed by atoms with E-state index in [2.05, 4.69) is 42.0 Å². The molecule has 1 aromatic carbocycles. The first-order valence-corrected chi connectivity index (χ1v) is 9.30. The number of aromatic nitrogens is 1. The number of methoxy groups -OCH3 is 2. The predicted octanol–water partition coefficient (Wildman–Crippen LogP) is 4.09. The van der Waals surface area contributed by atoms with Crippen LogP contribution in [0, 0.1) is 5.92 Å². The largest absolute Gasteiger partial charge is 0.501 e. The number of benzene rings is 1. The number of nitrogens with two attached hydrogens (primary N) is 1. The Hall–Kier alpha value is -2.99. The monoisotopic (exact) mass is 380 g/mol. The zero-order valence-electron chi connectivity index (χ0n) is 17.1. The molecule has 0 spiro atoms. The Labute approximate surface area is 166 Å². The number of ether oxygens (including phenoxy) is 2. The highest BCUT2D eigenvalue weighted by atomic mass is 16.5. The Morgan fingerprint density at radius 3 is 2.61 bits per heavy atom. The van der Waals surface area contributed by atoms with Crippen molar-refractivity contribution >= 4 is 22.4 Å². The van der Waals surface area contributed by atoms with Crippen LogP contribution < -0.4 is 11.3 Å². The first-order valence-electron chi connectivity index (χ1n) is 9.30. The molecular formula is C22H28N4O2. The van der Waals surface area contributed by atoms with E-state index in [-0.39, 0.29) is 0 Å². The summed E-state index contributed by atoms with van der Waals surface area (Å²) >= 11 is 0. The van der Waals surface area contributed by atoms with E-state index >= 15 is 0 Å². The topological polar surface area (TPSA) is 73.8 Å². The molecule has 148 valence electrons. The van der Waals surface area contributed by atoms with Crippen LogP contribution in [0.25, 0.3) is 10.9 Å². The molecular weight excluding hydrogens is 352 g/mol. The van der Waals surface area contributed by atoms with Gasteiger partial charge in [-0.25, -0.2) is 10.8 Å². The molecule has 0 saturated carbocycles. The minimum Gasteiger partial charge on any atom is -0.501 e. The van der Waals surface area contributed by atoms with Crippen LogP contribution in [0.5, 0.6) is 0 Å². The van der Waals surface area contributed by atoms with Crippen molar-refractivity contribution in [2.75, 3.05) is 14.2 Å². The van der Waals surface area contributed by atoms with Gasteiger partial charge in [-0.05, 0) is 36.3 Å². The lowest BCUT2D eigenvalue weighted by atomic mass is 9.97. The van der Waals surface area contributed by atoms with Gasteiger partial charge in [-0.15, -0.1) is 0 Å². The molecule has 0 aliphatic heterocycles. The van der Waals surface area contributed by atoms with Gasteiger partial charge in [-0.1, -0.05) is 19.4 Å². The normalized spacial score (nSPS) is 15.5. The van der Waals surface area contributed by atoms with Crippen LogP contribution in [-0.4, -0.2) is 24.6 Å². The van der Waals surface area contributed by atoms with Gasteiger partial charge in [-0.3, -0.25) is 0 Å². The number of amidine groups is 1. The maximum atomic E-state index is 5.87. The third-order valence-electron chi connectivity index (χ3n) is 4.99. The summed E-state index contributed by atoms with van der Waals surface area (Å²) in [7, 11) is 5.34. The van der Waals surface area contributed by atoms with Crippen LogP contribution >= 0.6 is 0 Å². The first-order chi connectivity index (χ1) is 13.5. The number of hydrogen-bond acceptors (Lipinski definition) is 4. The molecule has 28 heavy (non-hydrogen) atoms. The number of aryl methyl sites for hydroxylation is 1. The Morgan fingerprint density at radius 2 is 1.96 bits per heavy atom. The van der Waals surface area contributed by atoms with Crippen LogP contribution in [0.3, 0.4) is 0 Å². The maximum absolute atomic E-state index is 5.87. The SMILES string of the molecule is COC1=CC(OC)=C(C(=Nc2ccc3c(ccn3C)c2)NN)C=C(C(C)C)C1. The predicted molar refractivity (Wildman–Crippen MR) is 114 cm³/mol. The van der Waals surface area contributed by atoms with Gasteiger partial charge >= 0.3 is 0 Å². The number of fused-ring (bicyclic) bond motifs is 1. The zero-order chi connectivity index (χ0) is 20.3. The molecule has 3 rings (SSSR count). The molecule has 3 N–H and O–H groups in total. The molecule has 6 nitrogen and oxygen atoms in total. The van der Waals surface area contributed by atoms with Crippen molar-refractivity contribution < 1.29 is 9.47 Å². The average molecular weight is 380 g/mol. The highest BCUT2D eigenvalue weighted by Crippen LogP contribution is 2.29. The molecule has 6 heteroatoms. The first kappa shape index (κ1) is 19.8. The summed E-state index contributed by atoms with van der Waals surface area (Å²) in [6, 6.07) is 8.14. The van der Waals surface area contributed by atoms with Crippen molar-refractivity contribution in [2.24, 2.45) is 23.8 Å². The molecule has 0 unspecified atom stereocenters. The number of allylic oxidation sites excluding steroid dienone is 2. The van der Waals surface area contributed by atoms with Crippen LogP contribution in [-0.2, 0) is 16.5 Å². The van der Waals surface area contributed by atoms with Crippen molar-refractivity contribution in [1.29, 1.82) is 0 Å². The standard InChI is InChI=1S/C22H28N4O2/c1-14(2)16-11-18(27-4)13-21(28-5)19(12-16)22(25-23)24-17-6-7-20-15(10-17)8-9-26(20)3/h6-10,12-14H,11,23H2,1-5H3,(H,24,25). The second-order valence-corrected chi connectivity index (χ2v) is 7.12. The van der Waals surface area contributed by atoms with Crippen molar-refractivity contribution in [3.05, 3.63) is 65.3 Å². The van der Waals surface area contributed by atoms with Gasteiger partial charge in [-0.2, -0.15) is 0 Å². The van der Waals surface area contributed by atoms with Crippen LogP contribution in [0.15, 0.2) is 70.3 Å². The van der Waals surface area contributed by atoms with Gasteiger partial charge < -0.3 is 19.5 Å². The van der Waals surface area contributed by atoms with Crippen molar-refractivity contribution in [2.45, 2.75) is 20.3 Å². The second-order valence-electron chi connectivity index (χ2n) is 7.12.